The maximum atomic E-state index is 12.3. The van der Waals surface area contributed by atoms with Crippen LogP contribution < -0.4 is 16.0 Å². The molecule has 0 aliphatic carbocycles. The summed E-state index contributed by atoms with van der Waals surface area (Å²) in [6.45, 7) is 7.70. The fraction of sp³-hybridized carbons (Fsp3) is 0.263. The molecule has 2 aromatic carbocycles. The predicted octanol–water partition coefficient (Wildman–Crippen LogP) is 4.09. The summed E-state index contributed by atoms with van der Waals surface area (Å²) >= 11 is 0. The van der Waals surface area contributed by atoms with Crippen LogP contribution in [-0.4, -0.2) is 18.0 Å². The molecule has 0 fully saturated rings. The Morgan fingerprint density at radius 1 is 0.875 bits per heavy atom. The highest BCUT2D eigenvalue weighted by atomic mass is 16.2. The molecule has 5 nitrogen and oxygen atoms in total. The molecule has 0 saturated carbocycles. The summed E-state index contributed by atoms with van der Waals surface area (Å²) in [5.41, 5.74) is 4.06. The van der Waals surface area contributed by atoms with E-state index in [0.717, 1.165) is 11.1 Å². The summed E-state index contributed by atoms with van der Waals surface area (Å²) in [5, 5.41) is 8.35. The Morgan fingerprint density at radius 3 is 2.00 bits per heavy atom. The molecule has 0 aliphatic heterocycles. The monoisotopic (exact) mass is 325 g/mol. The van der Waals surface area contributed by atoms with Crippen molar-refractivity contribution in [3.63, 3.8) is 0 Å². The molecule has 2 rings (SSSR count). The number of anilines is 2. The molecule has 0 heterocycles. The van der Waals surface area contributed by atoms with Crippen LogP contribution in [0.5, 0.6) is 0 Å². The van der Waals surface area contributed by atoms with Crippen molar-refractivity contribution in [1.29, 1.82) is 0 Å². The highest BCUT2D eigenvalue weighted by molar-refractivity contribution is 6.05. The standard InChI is InChI=1S/C19H23N3O2/c1-12(2)20-19(24)22-16-8-6-15(7-9-16)21-18(23)17-10-5-13(3)11-14(17)4/h5-12H,1-4H3,(H,21,23)(H2,20,22,24). The van der Waals surface area contributed by atoms with E-state index in [9.17, 15) is 9.59 Å². The van der Waals surface area contributed by atoms with Gasteiger partial charge in [-0.1, -0.05) is 17.7 Å². The minimum Gasteiger partial charge on any atom is -0.336 e. The van der Waals surface area contributed by atoms with E-state index in [1.54, 1.807) is 24.3 Å². The Labute approximate surface area is 142 Å². The van der Waals surface area contributed by atoms with Gasteiger partial charge in [0.05, 0.1) is 0 Å². The van der Waals surface area contributed by atoms with Gasteiger partial charge in [-0.3, -0.25) is 4.79 Å². The third-order valence-corrected chi connectivity index (χ3v) is 3.45. The Kier molecular flexibility index (Phi) is 5.58. The topological polar surface area (TPSA) is 70.2 Å². The van der Waals surface area contributed by atoms with Crippen molar-refractivity contribution in [3.05, 3.63) is 59.2 Å². The van der Waals surface area contributed by atoms with Gasteiger partial charge in [0.15, 0.2) is 0 Å². The lowest BCUT2D eigenvalue weighted by Crippen LogP contribution is -2.34. The minimum atomic E-state index is -0.253. The SMILES string of the molecule is Cc1ccc(C(=O)Nc2ccc(NC(=O)NC(C)C)cc2)c(C)c1. The molecular formula is C19H23N3O2. The van der Waals surface area contributed by atoms with Gasteiger partial charge < -0.3 is 16.0 Å². The summed E-state index contributed by atoms with van der Waals surface area (Å²) in [6, 6.07) is 12.6. The highest BCUT2D eigenvalue weighted by Gasteiger charge is 2.09. The van der Waals surface area contributed by atoms with Gasteiger partial charge in [0, 0.05) is 23.0 Å². The van der Waals surface area contributed by atoms with Crippen LogP contribution in [-0.2, 0) is 0 Å². The van der Waals surface area contributed by atoms with Gasteiger partial charge >= 0.3 is 6.03 Å². The van der Waals surface area contributed by atoms with E-state index in [2.05, 4.69) is 16.0 Å². The first-order valence-electron chi connectivity index (χ1n) is 7.91. The van der Waals surface area contributed by atoms with Gasteiger partial charge in [-0.25, -0.2) is 4.79 Å². The van der Waals surface area contributed by atoms with Crippen molar-refractivity contribution in [2.45, 2.75) is 33.7 Å². The summed E-state index contributed by atoms with van der Waals surface area (Å²) in [4.78, 5) is 24.0. The van der Waals surface area contributed by atoms with Crippen molar-refractivity contribution < 1.29 is 9.59 Å². The zero-order valence-corrected chi connectivity index (χ0v) is 14.4. The second-order valence-corrected chi connectivity index (χ2v) is 6.10. The average molecular weight is 325 g/mol. The lowest BCUT2D eigenvalue weighted by molar-refractivity contribution is 0.102. The molecule has 0 bridgehead atoms. The Bertz CT molecular complexity index is 737. The molecule has 0 saturated heterocycles. The fourth-order valence-corrected chi connectivity index (χ4v) is 2.33. The number of hydrogen-bond acceptors (Lipinski definition) is 2. The Morgan fingerprint density at radius 2 is 1.46 bits per heavy atom. The van der Waals surface area contributed by atoms with E-state index in [1.807, 2.05) is 45.9 Å². The van der Waals surface area contributed by atoms with E-state index in [4.69, 9.17) is 0 Å². The smallest absolute Gasteiger partial charge is 0.319 e. The van der Waals surface area contributed by atoms with Crippen LogP contribution in [0.25, 0.3) is 0 Å². The van der Waals surface area contributed by atoms with E-state index in [1.165, 1.54) is 0 Å². The maximum Gasteiger partial charge on any atom is 0.319 e. The molecule has 0 unspecified atom stereocenters. The molecule has 2 aromatic rings. The van der Waals surface area contributed by atoms with Crippen LogP contribution in [0.4, 0.5) is 16.2 Å². The number of rotatable bonds is 4. The van der Waals surface area contributed by atoms with Crippen molar-refractivity contribution in [3.8, 4) is 0 Å². The highest BCUT2D eigenvalue weighted by Crippen LogP contribution is 2.16. The van der Waals surface area contributed by atoms with Crippen molar-refractivity contribution >= 4 is 23.3 Å². The van der Waals surface area contributed by atoms with Crippen LogP contribution in [0.15, 0.2) is 42.5 Å². The normalized spacial score (nSPS) is 10.4. The van der Waals surface area contributed by atoms with Gasteiger partial charge in [0.25, 0.3) is 5.91 Å². The number of carbonyl (C=O) groups excluding carboxylic acids is 2. The van der Waals surface area contributed by atoms with E-state index >= 15 is 0 Å². The number of amides is 3. The third kappa shape index (κ3) is 4.84. The molecule has 3 amide bonds. The molecule has 5 heteroatoms. The Balaban J connectivity index is 2.01. The number of benzene rings is 2. The molecule has 0 radical (unpaired) electrons. The van der Waals surface area contributed by atoms with E-state index < -0.39 is 0 Å². The van der Waals surface area contributed by atoms with Crippen molar-refractivity contribution in [2.24, 2.45) is 0 Å². The maximum absolute atomic E-state index is 12.3. The zero-order chi connectivity index (χ0) is 17.7. The molecule has 0 atom stereocenters. The number of carbonyl (C=O) groups is 2. The third-order valence-electron chi connectivity index (χ3n) is 3.45. The van der Waals surface area contributed by atoms with Gasteiger partial charge in [0.1, 0.15) is 0 Å². The first kappa shape index (κ1) is 17.5. The molecule has 126 valence electrons. The fourth-order valence-electron chi connectivity index (χ4n) is 2.33. The number of urea groups is 1. The lowest BCUT2D eigenvalue weighted by Gasteiger charge is -2.11. The van der Waals surface area contributed by atoms with Crippen LogP contribution >= 0.6 is 0 Å². The van der Waals surface area contributed by atoms with Gasteiger partial charge in [-0.15, -0.1) is 0 Å². The number of nitrogens with one attached hydrogen (secondary N) is 3. The second-order valence-electron chi connectivity index (χ2n) is 6.10. The van der Waals surface area contributed by atoms with Crippen LogP contribution in [0, 0.1) is 13.8 Å². The molecular weight excluding hydrogens is 302 g/mol. The van der Waals surface area contributed by atoms with Crippen LogP contribution in [0.3, 0.4) is 0 Å². The minimum absolute atomic E-state index is 0.0707. The lowest BCUT2D eigenvalue weighted by atomic mass is 10.1. The number of hydrogen-bond donors (Lipinski definition) is 3. The predicted molar refractivity (Wildman–Crippen MR) is 97.6 cm³/mol. The van der Waals surface area contributed by atoms with Gasteiger partial charge in [-0.2, -0.15) is 0 Å². The number of aryl methyl sites for hydroxylation is 2. The summed E-state index contributed by atoms with van der Waals surface area (Å²) < 4.78 is 0. The van der Waals surface area contributed by atoms with Gasteiger partial charge in [0.2, 0.25) is 0 Å². The van der Waals surface area contributed by atoms with Crippen molar-refractivity contribution in [2.75, 3.05) is 10.6 Å². The molecule has 0 spiro atoms. The van der Waals surface area contributed by atoms with E-state index in [0.29, 0.717) is 16.9 Å². The average Bonchev–Trinajstić information content (AvgIpc) is 2.48. The summed E-state index contributed by atoms with van der Waals surface area (Å²) in [5.74, 6) is -0.147. The van der Waals surface area contributed by atoms with Crippen molar-refractivity contribution in [1.82, 2.24) is 5.32 Å². The summed E-state index contributed by atoms with van der Waals surface area (Å²) in [6.07, 6.45) is 0. The van der Waals surface area contributed by atoms with Gasteiger partial charge in [-0.05, 0) is 63.6 Å². The first-order chi connectivity index (χ1) is 11.3. The largest absolute Gasteiger partial charge is 0.336 e. The molecule has 0 aromatic heterocycles. The van der Waals surface area contributed by atoms with Crippen LogP contribution in [0.1, 0.15) is 35.3 Å². The molecule has 3 N–H and O–H groups in total. The quantitative estimate of drug-likeness (QED) is 0.792. The van der Waals surface area contributed by atoms with Crippen LogP contribution in [0.2, 0.25) is 0 Å². The second kappa shape index (κ2) is 7.64. The molecule has 24 heavy (non-hydrogen) atoms. The molecule has 0 aliphatic rings. The van der Waals surface area contributed by atoms with E-state index in [-0.39, 0.29) is 18.0 Å². The summed E-state index contributed by atoms with van der Waals surface area (Å²) in [7, 11) is 0. The zero-order valence-electron chi connectivity index (χ0n) is 14.4. The Hall–Kier alpha value is -2.82. The first-order valence-corrected chi connectivity index (χ1v) is 7.91.